The average Bonchev–Trinajstić information content (AvgIpc) is 2.75. The Kier molecular flexibility index (Phi) is 6.02. The maximum atomic E-state index is 13.0. The molecule has 0 atom stereocenters. The molecular formula is C22H25N5O4. The molecule has 0 aliphatic rings. The Morgan fingerprint density at radius 3 is 2.52 bits per heavy atom. The average molecular weight is 423 g/mol. The Balaban J connectivity index is 2.31. The third-order valence-corrected chi connectivity index (χ3v) is 5.13. The van der Waals surface area contributed by atoms with Gasteiger partial charge in [-0.3, -0.25) is 13.9 Å². The molecule has 0 radical (unpaired) electrons. The molecule has 3 aromatic rings. The molecule has 0 spiro atoms. The molecule has 2 N–H and O–H groups in total. The molecule has 2 aromatic heterocycles. The zero-order valence-electron chi connectivity index (χ0n) is 18.2. The molecule has 2 heterocycles. The summed E-state index contributed by atoms with van der Waals surface area (Å²) in [6.07, 6.45) is 0.888. The van der Waals surface area contributed by atoms with Crippen molar-refractivity contribution in [2.24, 2.45) is 20.0 Å². The molecule has 0 aliphatic heterocycles. The van der Waals surface area contributed by atoms with Crippen molar-refractivity contribution in [1.29, 1.82) is 5.26 Å². The van der Waals surface area contributed by atoms with Crippen molar-refractivity contribution in [2.75, 3.05) is 19.5 Å². The lowest BCUT2D eigenvalue weighted by molar-refractivity contribution is 0.273. The van der Waals surface area contributed by atoms with Gasteiger partial charge < -0.3 is 15.2 Å². The van der Waals surface area contributed by atoms with Crippen LogP contribution >= 0.6 is 0 Å². The topological polar surface area (TPSA) is 125 Å². The van der Waals surface area contributed by atoms with Crippen LogP contribution in [0.25, 0.3) is 22.2 Å². The number of pyridine rings is 1. The highest BCUT2D eigenvalue weighted by atomic mass is 16.5. The van der Waals surface area contributed by atoms with E-state index in [1.54, 1.807) is 18.2 Å². The Labute approximate surface area is 179 Å². The highest BCUT2D eigenvalue weighted by molar-refractivity contribution is 5.98. The molecule has 0 bridgehead atoms. The maximum absolute atomic E-state index is 13.0. The van der Waals surface area contributed by atoms with Gasteiger partial charge in [0.05, 0.1) is 19.1 Å². The monoisotopic (exact) mass is 423 g/mol. The Morgan fingerprint density at radius 1 is 1.19 bits per heavy atom. The maximum Gasteiger partial charge on any atom is 0.332 e. The number of nitrogens with two attached hydrogens (primary N) is 1. The first kappa shape index (κ1) is 21.9. The standard InChI is InChI=1S/C22H25N5O4/c1-12(2)8-9-31-15-7-6-13(10-16(15)30-5)17-14(11-23)19(24)25-20-18(17)21(28)27(4)22(29)26(20)3/h6-7,10,12H,8-9H2,1-5H3,(H2,24,25). The lowest BCUT2D eigenvalue weighted by Gasteiger charge is -2.16. The van der Waals surface area contributed by atoms with E-state index >= 15 is 0 Å². The van der Waals surface area contributed by atoms with Gasteiger partial charge in [-0.1, -0.05) is 19.9 Å². The number of aryl methyl sites for hydroxylation is 1. The predicted octanol–water partition coefficient (Wildman–Crippen LogP) is 2.19. The number of hydrogen-bond acceptors (Lipinski definition) is 7. The van der Waals surface area contributed by atoms with Crippen LogP contribution in [0.3, 0.4) is 0 Å². The zero-order chi connectivity index (χ0) is 22.9. The summed E-state index contributed by atoms with van der Waals surface area (Å²) in [7, 11) is 4.39. The van der Waals surface area contributed by atoms with Crippen molar-refractivity contribution in [3.8, 4) is 28.7 Å². The number of rotatable bonds is 6. The van der Waals surface area contributed by atoms with Gasteiger partial charge >= 0.3 is 5.69 Å². The Bertz CT molecular complexity index is 1310. The quantitative estimate of drug-likeness (QED) is 0.644. The van der Waals surface area contributed by atoms with E-state index in [2.05, 4.69) is 18.8 Å². The van der Waals surface area contributed by atoms with E-state index < -0.39 is 11.2 Å². The number of ether oxygens (including phenoxy) is 2. The largest absolute Gasteiger partial charge is 0.493 e. The minimum absolute atomic E-state index is 0.0544. The van der Waals surface area contributed by atoms with Crippen LogP contribution < -0.4 is 26.5 Å². The van der Waals surface area contributed by atoms with Crippen LogP contribution in [0.1, 0.15) is 25.8 Å². The van der Waals surface area contributed by atoms with Crippen molar-refractivity contribution < 1.29 is 9.47 Å². The summed E-state index contributed by atoms with van der Waals surface area (Å²) in [5.41, 5.74) is 5.91. The molecule has 0 saturated carbocycles. The minimum Gasteiger partial charge on any atom is -0.493 e. The minimum atomic E-state index is -0.562. The number of anilines is 1. The third kappa shape index (κ3) is 3.84. The number of hydrogen-bond donors (Lipinski definition) is 1. The second kappa shape index (κ2) is 8.52. The molecule has 3 rings (SSSR count). The molecule has 0 aliphatic carbocycles. The normalized spacial score (nSPS) is 11.0. The highest BCUT2D eigenvalue weighted by Gasteiger charge is 2.22. The lowest BCUT2D eigenvalue weighted by Crippen LogP contribution is -2.37. The summed E-state index contributed by atoms with van der Waals surface area (Å²) in [4.78, 5) is 29.5. The molecular weight excluding hydrogens is 398 g/mol. The molecule has 1 aromatic carbocycles. The number of fused-ring (bicyclic) bond motifs is 1. The summed E-state index contributed by atoms with van der Waals surface area (Å²) in [6.45, 7) is 4.75. The van der Waals surface area contributed by atoms with E-state index in [1.807, 2.05) is 6.07 Å². The fraction of sp³-hybridized carbons (Fsp3) is 0.364. The first-order chi connectivity index (χ1) is 14.7. The van der Waals surface area contributed by atoms with Gasteiger partial charge in [-0.05, 0) is 30.0 Å². The van der Waals surface area contributed by atoms with Gasteiger partial charge in [-0.25, -0.2) is 9.78 Å². The van der Waals surface area contributed by atoms with E-state index in [1.165, 1.54) is 25.8 Å². The van der Waals surface area contributed by atoms with Gasteiger partial charge in [0.1, 0.15) is 17.5 Å². The first-order valence-corrected chi connectivity index (χ1v) is 9.81. The van der Waals surface area contributed by atoms with Crippen LogP contribution in [0.2, 0.25) is 0 Å². The van der Waals surface area contributed by atoms with Crippen LogP contribution in [0.5, 0.6) is 11.5 Å². The fourth-order valence-corrected chi connectivity index (χ4v) is 3.35. The highest BCUT2D eigenvalue weighted by Crippen LogP contribution is 2.37. The second-order valence-electron chi connectivity index (χ2n) is 7.66. The lowest BCUT2D eigenvalue weighted by atomic mass is 9.97. The Morgan fingerprint density at radius 2 is 1.90 bits per heavy atom. The van der Waals surface area contributed by atoms with E-state index in [0.29, 0.717) is 35.2 Å². The molecule has 0 saturated heterocycles. The zero-order valence-corrected chi connectivity index (χ0v) is 18.2. The molecule has 9 nitrogen and oxygen atoms in total. The van der Waals surface area contributed by atoms with Crippen LogP contribution in [-0.4, -0.2) is 27.8 Å². The predicted molar refractivity (Wildman–Crippen MR) is 118 cm³/mol. The molecule has 0 amide bonds. The van der Waals surface area contributed by atoms with Gasteiger partial charge in [0.2, 0.25) is 0 Å². The number of methoxy groups -OCH3 is 1. The molecule has 0 unspecified atom stereocenters. The SMILES string of the molecule is COc1cc(-c2c(C#N)c(N)nc3c2c(=O)n(C)c(=O)n3C)ccc1OCCC(C)C. The van der Waals surface area contributed by atoms with Gasteiger partial charge in [-0.2, -0.15) is 5.26 Å². The summed E-state index contributed by atoms with van der Waals surface area (Å²) < 4.78 is 13.5. The fourth-order valence-electron chi connectivity index (χ4n) is 3.35. The first-order valence-electron chi connectivity index (χ1n) is 9.81. The number of nitrogens with zero attached hydrogens (tertiary/aromatic N) is 4. The van der Waals surface area contributed by atoms with Gasteiger partial charge in [0.15, 0.2) is 17.1 Å². The van der Waals surface area contributed by atoms with E-state index in [-0.39, 0.29) is 22.4 Å². The Hall–Kier alpha value is -3.80. The van der Waals surface area contributed by atoms with Crippen molar-refractivity contribution in [2.45, 2.75) is 20.3 Å². The van der Waals surface area contributed by atoms with Crippen LogP contribution in [0.4, 0.5) is 5.82 Å². The number of aromatic nitrogens is 3. The van der Waals surface area contributed by atoms with Crippen LogP contribution in [-0.2, 0) is 14.1 Å². The molecule has 162 valence electrons. The number of nitriles is 1. The van der Waals surface area contributed by atoms with Crippen molar-refractivity contribution in [1.82, 2.24) is 14.1 Å². The van der Waals surface area contributed by atoms with Gasteiger partial charge in [0.25, 0.3) is 5.56 Å². The molecule has 9 heteroatoms. The molecule has 31 heavy (non-hydrogen) atoms. The second-order valence-corrected chi connectivity index (χ2v) is 7.66. The molecule has 0 fully saturated rings. The van der Waals surface area contributed by atoms with Crippen LogP contribution in [0.15, 0.2) is 27.8 Å². The van der Waals surface area contributed by atoms with Crippen molar-refractivity contribution in [3.63, 3.8) is 0 Å². The van der Waals surface area contributed by atoms with Crippen LogP contribution in [0, 0.1) is 17.2 Å². The van der Waals surface area contributed by atoms with E-state index in [0.717, 1.165) is 11.0 Å². The van der Waals surface area contributed by atoms with Crippen molar-refractivity contribution >= 4 is 16.9 Å². The van der Waals surface area contributed by atoms with Crippen molar-refractivity contribution in [3.05, 3.63) is 44.6 Å². The van der Waals surface area contributed by atoms with Gasteiger partial charge in [0, 0.05) is 19.7 Å². The van der Waals surface area contributed by atoms with E-state index in [4.69, 9.17) is 15.2 Å². The smallest absolute Gasteiger partial charge is 0.332 e. The summed E-state index contributed by atoms with van der Waals surface area (Å²) in [6, 6.07) is 7.18. The summed E-state index contributed by atoms with van der Waals surface area (Å²) >= 11 is 0. The van der Waals surface area contributed by atoms with E-state index in [9.17, 15) is 14.9 Å². The number of nitrogen functional groups attached to an aromatic ring is 1. The summed E-state index contributed by atoms with van der Waals surface area (Å²) in [5, 5.41) is 9.88. The van der Waals surface area contributed by atoms with Gasteiger partial charge in [-0.15, -0.1) is 0 Å². The third-order valence-electron chi connectivity index (χ3n) is 5.13. The number of benzene rings is 1. The summed E-state index contributed by atoms with van der Waals surface area (Å²) in [5.74, 6) is 1.44.